The number of hydrogen-bond acceptors (Lipinski definition) is 2. The van der Waals surface area contributed by atoms with Crippen molar-refractivity contribution in [3.8, 4) is 0 Å². The Kier molecular flexibility index (Phi) is 1.67. The molecule has 0 spiro atoms. The van der Waals surface area contributed by atoms with Crippen molar-refractivity contribution in [2.75, 3.05) is 13.7 Å². The monoisotopic (exact) mass is 111 g/mol. The predicted octanol–water partition coefficient (Wildman–Crippen LogP) is 0.991. The minimum Gasteiger partial charge on any atom is -0.501 e. The van der Waals surface area contributed by atoms with E-state index in [0.29, 0.717) is 0 Å². The second kappa shape index (κ2) is 2.50. The van der Waals surface area contributed by atoms with E-state index in [9.17, 15) is 0 Å². The Bertz CT molecular complexity index is 126. The normalized spacial score (nSPS) is 17.9. The van der Waals surface area contributed by atoms with Gasteiger partial charge in [-0.15, -0.1) is 0 Å². The van der Waals surface area contributed by atoms with Crippen LogP contribution in [0.5, 0.6) is 0 Å². The van der Waals surface area contributed by atoms with Crippen LogP contribution in [0.25, 0.3) is 0 Å². The Balaban J connectivity index is 2.50. The molecule has 0 amide bonds. The number of allylic oxidation sites excluding steroid dienone is 1. The van der Waals surface area contributed by atoms with E-state index >= 15 is 0 Å². The van der Waals surface area contributed by atoms with E-state index in [0.717, 1.165) is 18.7 Å². The molecule has 0 aromatic rings. The number of methoxy groups -OCH3 is 1. The summed E-state index contributed by atoms with van der Waals surface area (Å²) >= 11 is 0. The summed E-state index contributed by atoms with van der Waals surface area (Å²) in [6, 6.07) is 0. The van der Waals surface area contributed by atoms with E-state index in [1.54, 1.807) is 13.3 Å². The van der Waals surface area contributed by atoms with Gasteiger partial charge >= 0.3 is 0 Å². The van der Waals surface area contributed by atoms with Crippen LogP contribution < -0.4 is 0 Å². The number of dihydropyridines is 1. The van der Waals surface area contributed by atoms with Gasteiger partial charge in [-0.3, -0.25) is 4.99 Å². The van der Waals surface area contributed by atoms with E-state index in [4.69, 9.17) is 4.74 Å². The van der Waals surface area contributed by atoms with Crippen molar-refractivity contribution in [3.63, 3.8) is 0 Å². The average Bonchev–Trinajstić information content (AvgIpc) is 1.90. The van der Waals surface area contributed by atoms with E-state index in [1.165, 1.54) is 0 Å². The summed E-state index contributed by atoms with van der Waals surface area (Å²) in [5.74, 6) is 1.03. The topological polar surface area (TPSA) is 21.6 Å². The molecule has 0 aromatic heterocycles. The van der Waals surface area contributed by atoms with Gasteiger partial charge in [-0.25, -0.2) is 0 Å². The van der Waals surface area contributed by atoms with E-state index in [1.807, 2.05) is 6.08 Å². The smallest absolute Gasteiger partial charge is 0.0989 e. The molecule has 0 saturated heterocycles. The zero-order valence-corrected chi connectivity index (χ0v) is 4.92. The fraction of sp³-hybridized carbons (Fsp3) is 0.500. The summed E-state index contributed by atoms with van der Waals surface area (Å²) < 4.78 is 4.96. The molecule has 1 rings (SSSR count). The van der Waals surface area contributed by atoms with Gasteiger partial charge in [-0.1, -0.05) is 0 Å². The molecule has 2 nitrogen and oxygen atoms in total. The van der Waals surface area contributed by atoms with E-state index in [-0.39, 0.29) is 0 Å². The summed E-state index contributed by atoms with van der Waals surface area (Å²) in [6.45, 7) is 0.875. The second-order valence-electron chi connectivity index (χ2n) is 1.64. The number of rotatable bonds is 1. The SMILES string of the molecule is COC1=CC=NCC1. The van der Waals surface area contributed by atoms with Gasteiger partial charge in [-0.05, 0) is 6.08 Å². The molecule has 1 aliphatic rings. The Morgan fingerprint density at radius 3 is 3.00 bits per heavy atom. The third-order valence-corrected chi connectivity index (χ3v) is 1.12. The lowest BCUT2D eigenvalue weighted by Gasteiger charge is -2.04. The first-order chi connectivity index (χ1) is 3.93. The van der Waals surface area contributed by atoms with Gasteiger partial charge in [0.05, 0.1) is 12.9 Å². The van der Waals surface area contributed by atoms with Crippen molar-refractivity contribution in [1.29, 1.82) is 0 Å². The molecule has 0 saturated carbocycles. The molecule has 8 heavy (non-hydrogen) atoms. The van der Waals surface area contributed by atoms with E-state index < -0.39 is 0 Å². The number of hydrogen-bond donors (Lipinski definition) is 0. The molecule has 0 atom stereocenters. The van der Waals surface area contributed by atoms with E-state index in [2.05, 4.69) is 4.99 Å². The molecule has 2 heteroatoms. The number of nitrogens with zero attached hydrogens (tertiary/aromatic N) is 1. The zero-order valence-electron chi connectivity index (χ0n) is 4.92. The first-order valence-corrected chi connectivity index (χ1v) is 2.66. The van der Waals surface area contributed by atoms with Gasteiger partial charge in [0.15, 0.2) is 0 Å². The molecule has 0 fully saturated rings. The molecule has 1 heterocycles. The lowest BCUT2D eigenvalue weighted by Crippen LogP contribution is -1.95. The highest BCUT2D eigenvalue weighted by atomic mass is 16.5. The summed E-state index contributed by atoms with van der Waals surface area (Å²) in [6.07, 6.45) is 4.62. The van der Waals surface area contributed by atoms with Crippen molar-refractivity contribution in [3.05, 3.63) is 11.8 Å². The highest BCUT2D eigenvalue weighted by Crippen LogP contribution is 2.03. The van der Waals surface area contributed by atoms with Crippen LogP contribution in [0.3, 0.4) is 0 Å². The molecule has 0 bridgehead atoms. The van der Waals surface area contributed by atoms with Crippen molar-refractivity contribution >= 4 is 6.21 Å². The minimum absolute atomic E-state index is 0.875. The Labute approximate surface area is 48.9 Å². The second-order valence-corrected chi connectivity index (χ2v) is 1.64. The Hall–Kier alpha value is -0.790. The minimum atomic E-state index is 0.875. The maximum atomic E-state index is 4.96. The third-order valence-electron chi connectivity index (χ3n) is 1.12. The summed E-state index contributed by atoms with van der Waals surface area (Å²) in [5, 5.41) is 0. The summed E-state index contributed by atoms with van der Waals surface area (Å²) in [7, 11) is 1.69. The van der Waals surface area contributed by atoms with Gasteiger partial charge in [0.1, 0.15) is 0 Å². The van der Waals surface area contributed by atoms with Crippen molar-refractivity contribution in [2.45, 2.75) is 6.42 Å². The molecule has 0 aliphatic carbocycles. The van der Waals surface area contributed by atoms with Gasteiger partial charge in [0.25, 0.3) is 0 Å². The third kappa shape index (κ3) is 1.09. The van der Waals surface area contributed by atoms with Crippen LogP contribution in [0.2, 0.25) is 0 Å². The highest BCUT2D eigenvalue weighted by Gasteiger charge is 1.95. The maximum absolute atomic E-state index is 4.96. The molecule has 0 radical (unpaired) electrons. The molecular formula is C6H9NO. The van der Waals surface area contributed by atoms with Crippen molar-refractivity contribution < 1.29 is 4.74 Å². The van der Waals surface area contributed by atoms with Crippen molar-refractivity contribution in [2.24, 2.45) is 4.99 Å². The van der Waals surface area contributed by atoms with Crippen LogP contribution >= 0.6 is 0 Å². The lowest BCUT2D eigenvalue weighted by atomic mass is 10.3. The number of ether oxygens (including phenoxy) is 1. The summed E-state index contributed by atoms with van der Waals surface area (Å²) in [4.78, 5) is 3.99. The molecule has 1 aliphatic heterocycles. The van der Waals surface area contributed by atoms with Crippen LogP contribution in [0.15, 0.2) is 16.8 Å². The average molecular weight is 111 g/mol. The maximum Gasteiger partial charge on any atom is 0.0989 e. The molecule has 0 N–H and O–H groups in total. The van der Waals surface area contributed by atoms with Crippen LogP contribution in [0, 0.1) is 0 Å². The standard InChI is InChI=1S/C6H9NO/c1-8-6-2-4-7-5-3-6/h2,4H,3,5H2,1H3. The molecule has 0 aromatic carbocycles. The first-order valence-electron chi connectivity index (χ1n) is 2.66. The lowest BCUT2D eigenvalue weighted by molar-refractivity contribution is 0.278. The van der Waals surface area contributed by atoms with Crippen LogP contribution in [0.1, 0.15) is 6.42 Å². The molecular weight excluding hydrogens is 102 g/mol. The van der Waals surface area contributed by atoms with Gasteiger partial charge in [0.2, 0.25) is 0 Å². The predicted molar refractivity (Wildman–Crippen MR) is 33.1 cm³/mol. The van der Waals surface area contributed by atoms with Gasteiger partial charge < -0.3 is 4.74 Å². The molecule has 0 unspecified atom stereocenters. The quantitative estimate of drug-likeness (QED) is 0.494. The fourth-order valence-electron chi connectivity index (χ4n) is 0.639. The Morgan fingerprint density at radius 2 is 2.62 bits per heavy atom. The largest absolute Gasteiger partial charge is 0.501 e. The number of aliphatic imine (C=N–C) groups is 1. The van der Waals surface area contributed by atoms with Crippen LogP contribution in [-0.4, -0.2) is 19.9 Å². The van der Waals surface area contributed by atoms with Crippen molar-refractivity contribution in [1.82, 2.24) is 0 Å². The fourth-order valence-corrected chi connectivity index (χ4v) is 0.639. The summed E-state index contributed by atoms with van der Waals surface area (Å²) in [5.41, 5.74) is 0. The van der Waals surface area contributed by atoms with Crippen LogP contribution in [0.4, 0.5) is 0 Å². The van der Waals surface area contributed by atoms with Crippen LogP contribution in [-0.2, 0) is 4.74 Å². The Morgan fingerprint density at radius 1 is 1.75 bits per heavy atom. The van der Waals surface area contributed by atoms with Gasteiger partial charge in [0, 0.05) is 19.2 Å². The zero-order chi connectivity index (χ0) is 5.82. The first kappa shape index (κ1) is 5.35. The molecule has 44 valence electrons. The van der Waals surface area contributed by atoms with Gasteiger partial charge in [-0.2, -0.15) is 0 Å². The highest BCUT2D eigenvalue weighted by molar-refractivity contribution is 5.72.